The van der Waals surface area contributed by atoms with Gasteiger partial charge in [0, 0.05) is 6.04 Å². The third-order valence-electron chi connectivity index (χ3n) is 3.55. The molecule has 0 spiro atoms. The molecule has 0 radical (unpaired) electrons. The maximum Gasteiger partial charge on any atom is 0.234 e. The Kier molecular flexibility index (Phi) is 5.09. The minimum Gasteiger partial charge on any atom is -0.368 e. The molecule has 88 valence electrons. The Morgan fingerprint density at radius 1 is 1.20 bits per heavy atom. The standard InChI is InChI=1S/C12H24N2O/c1-9(14-10(2)12(13)15)11-7-5-3-4-6-8-11/h9-11,14H,3-8H2,1-2H3,(H2,13,15)/t9-,10?/m1/s1. The Labute approximate surface area is 92.8 Å². The normalized spacial score (nSPS) is 23.1. The SMILES string of the molecule is CC(N[C@H](C)C1CCCCCC1)C(N)=O. The first-order chi connectivity index (χ1) is 7.11. The molecule has 1 aliphatic rings. The van der Waals surface area contributed by atoms with Crippen LogP contribution in [0.4, 0.5) is 0 Å². The number of hydrogen-bond donors (Lipinski definition) is 2. The molecule has 1 unspecified atom stereocenters. The highest BCUT2D eigenvalue weighted by Crippen LogP contribution is 2.25. The van der Waals surface area contributed by atoms with Crippen LogP contribution in [0.2, 0.25) is 0 Å². The molecule has 2 atom stereocenters. The van der Waals surface area contributed by atoms with Crippen molar-refractivity contribution >= 4 is 5.91 Å². The maximum absolute atomic E-state index is 10.9. The molecule has 15 heavy (non-hydrogen) atoms. The van der Waals surface area contributed by atoms with Crippen LogP contribution < -0.4 is 11.1 Å². The molecule has 1 amide bonds. The van der Waals surface area contributed by atoms with E-state index in [-0.39, 0.29) is 11.9 Å². The number of carbonyl (C=O) groups excluding carboxylic acids is 1. The zero-order valence-corrected chi connectivity index (χ0v) is 9.96. The molecule has 3 nitrogen and oxygen atoms in total. The highest BCUT2D eigenvalue weighted by Gasteiger charge is 2.21. The summed E-state index contributed by atoms with van der Waals surface area (Å²) in [5.41, 5.74) is 5.24. The zero-order valence-electron chi connectivity index (χ0n) is 9.96. The molecule has 1 fully saturated rings. The molecule has 0 bridgehead atoms. The molecule has 0 aromatic carbocycles. The van der Waals surface area contributed by atoms with Crippen LogP contribution in [0.1, 0.15) is 52.4 Å². The third kappa shape index (κ3) is 4.20. The molecule has 3 N–H and O–H groups in total. The largest absolute Gasteiger partial charge is 0.368 e. The fourth-order valence-corrected chi connectivity index (χ4v) is 2.42. The summed E-state index contributed by atoms with van der Waals surface area (Å²) in [4.78, 5) is 10.9. The van der Waals surface area contributed by atoms with Gasteiger partial charge in [0.2, 0.25) is 5.91 Å². The lowest BCUT2D eigenvalue weighted by Gasteiger charge is -2.25. The summed E-state index contributed by atoms with van der Waals surface area (Å²) >= 11 is 0. The van der Waals surface area contributed by atoms with E-state index in [1.807, 2.05) is 6.92 Å². The second-order valence-electron chi connectivity index (χ2n) is 4.83. The first-order valence-electron chi connectivity index (χ1n) is 6.16. The van der Waals surface area contributed by atoms with Crippen LogP contribution in [-0.4, -0.2) is 18.0 Å². The summed E-state index contributed by atoms with van der Waals surface area (Å²) in [7, 11) is 0. The first kappa shape index (κ1) is 12.5. The predicted molar refractivity (Wildman–Crippen MR) is 62.4 cm³/mol. The smallest absolute Gasteiger partial charge is 0.234 e. The predicted octanol–water partition coefficient (Wildman–Crippen LogP) is 1.81. The van der Waals surface area contributed by atoms with E-state index in [1.54, 1.807) is 0 Å². The van der Waals surface area contributed by atoms with Gasteiger partial charge in [-0.05, 0) is 32.6 Å². The number of nitrogens with one attached hydrogen (secondary N) is 1. The second kappa shape index (κ2) is 6.11. The highest BCUT2D eigenvalue weighted by atomic mass is 16.1. The van der Waals surface area contributed by atoms with Crippen molar-refractivity contribution in [2.75, 3.05) is 0 Å². The minimum atomic E-state index is -0.254. The summed E-state index contributed by atoms with van der Waals surface area (Å²) in [6, 6.07) is 0.203. The number of hydrogen-bond acceptors (Lipinski definition) is 2. The lowest BCUT2D eigenvalue weighted by molar-refractivity contribution is -0.119. The van der Waals surface area contributed by atoms with Gasteiger partial charge in [-0.2, -0.15) is 0 Å². The van der Waals surface area contributed by atoms with Crippen molar-refractivity contribution in [2.24, 2.45) is 11.7 Å². The van der Waals surface area contributed by atoms with E-state index in [9.17, 15) is 4.79 Å². The van der Waals surface area contributed by atoms with Gasteiger partial charge in [0.1, 0.15) is 0 Å². The van der Waals surface area contributed by atoms with E-state index in [0.29, 0.717) is 12.0 Å². The van der Waals surface area contributed by atoms with E-state index in [2.05, 4.69) is 12.2 Å². The number of carbonyl (C=O) groups is 1. The first-order valence-corrected chi connectivity index (χ1v) is 6.16. The topological polar surface area (TPSA) is 55.1 Å². The van der Waals surface area contributed by atoms with Gasteiger partial charge in [-0.1, -0.05) is 25.7 Å². The van der Waals surface area contributed by atoms with Crippen molar-refractivity contribution in [3.63, 3.8) is 0 Å². The minimum absolute atomic E-state index is 0.205. The molecule has 1 aliphatic carbocycles. The van der Waals surface area contributed by atoms with Gasteiger partial charge in [0.05, 0.1) is 6.04 Å². The summed E-state index contributed by atoms with van der Waals surface area (Å²) in [6.45, 7) is 4.02. The molecule has 0 heterocycles. The zero-order chi connectivity index (χ0) is 11.3. The fraction of sp³-hybridized carbons (Fsp3) is 0.917. The van der Waals surface area contributed by atoms with Gasteiger partial charge in [0.15, 0.2) is 0 Å². The summed E-state index contributed by atoms with van der Waals surface area (Å²) in [5, 5.41) is 3.30. The molecule has 3 heteroatoms. The van der Waals surface area contributed by atoms with E-state index < -0.39 is 0 Å². The van der Waals surface area contributed by atoms with Crippen molar-refractivity contribution < 1.29 is 4.79 Å². The molecule has 0 aliphatic heterocycles. The van der Waals surface area contributed by atoms with Crippen LogP contribution in [0.5, 0.6) is 0 Å². The Morgan fingerprint density at radius 2 is 1.73 bits per heavy atom. The lowest BCUT2D eigenvalue weighted by atomic mass is 9.92. The molecule has 0 aromatic heterocycles. The van der Waals surface area contributed by atoms with Crippen molar-refractivity contribution in [2.45, 2.75) is 64.5 Å². The average Bonchev–Trinajstić information content (AvgIpc) is 2.45. The van der Waals surface area contributed by atoms with Crippen LogP contribution in [0.25, 0.3) is 0 Å². The lowest BCUT2D eigenvalue weighted by Crippen LogP contribution is -2.46. The Bertz CT molecular complexity index is 198. The number of amides is 1. The van der Waals surface area contributed by atoms with Gasteiger partial charge in [-0.3, -0.25) is 4.79 Å². The van der Waals surface area contributed by atoms with E-state index in [4.69, 9.17) is 5.73 Å². The Hall–Kier alpha value is -0.570. The summed E-state index contributed by atoms with van der Waals surface area (Å²) in [6.07, 6.45) is 7.99. The van der Waals surface area contributed by atoms with Crippen LogP contribution in [-0.2, 0) is 4.79 Å². The van der Waals surface area contributed by atoms with Gasteiger partial charge >= 0.3 is 0 Å². The Morgan fingerprint density at radius 3 is 2.20 bits per heavy atom. The summed E-state index contributed by atoms with van der Waals surface area (Å²) in [5.74, 6) is 0.463. The number of primary amides is 1. The molecule has 0 saturated heterocycles. The van der Waals surface area contributed by atoms with Crippen LogP contribution in [0.15, 0.2) is 0 Å². The fourth-order valence-electron chi connectivity index (χ4n) is 2.42. The number of nitrogens with two attached hydrogens (primary N) is 1. The number of rotatable bonds is 4. The maximum atomic E-state index is 10.9. The van der Waals surface area contributed by atoms with Crippen molar-refractivity contribution in [3.05, 3.63) is 0 Å². The van der Waals surface area contributed by atoms with Gasteiger partial charge < -0.3 is 11.1 Å². The van der Waals surface area contributed by atoms with Crippen molar-refractivity contribution in [1.82, 2.24) is 5.32 Å². The monoisotopic (exact) mass is 212 g/mol. The second-order valence-corrected chi connectivity index (χ2v) is 4.83. The van der Waals surface area contributed by atoms with Crippen molar-refractivity contribution in [1.29, 1.82) is 0 Å². The van der Waals surface area contributed by atoms with Crippen LogP contribution in [0, 0.1) is 5.92 Å². The summed E-state index contributed by atoms with van der Waals surface area (Å²) < 4.78 is 0. The van der Waals surface area contributed by atoms with E-state index in [0.717, 1.165) is 0 Å². The van der Waals surface area contributed by atoms with Gasteiger partial charge in [-0.25, -0.2) is 0 Å². The van der Waals surface area contributed by atoms with Crippen LogP contribution in [0.3, 0.4) is 0 Å². The molecular weight excluding hydrogens is 188 g/mol. The Balaban J connectivity index is 2.37. The van der Waals surface area contributed by atoms with E-state index >= 15 is 0 Å². The van der Waals surface area contributed by atoms with Gasteiger partial charge in [0.25, 0.3) is 0 Å². The third-order valence-corrected chi connectivity index (χ3v) is 3.55. The van der Waals surface area contributed by atoms with E-state index in [1.165, 1.54) is 38.5 Å². The molecular formula is C12H24N2O. The molecule has 1 saturated carbocycles. The highest BCUT2D eigenvalue weighted by molar-refractivity contribution is 5.79. The average molecular weight is 212 g/mol. The molecule has 1 rings (SSSR count). The quantitative estimate of drug-likeness (QED) is 0.698. The van der Waals surface area contributed by atoms with Crippen LogP contribution >= 0.6 is 0 Å². The molecule has 0 aromatic rings. The van der Waals surface area contributed by atoms with Crippen molar-refractivity contribution in [3.8, 4) is 0 Å². The van der Waals surface area contributed by atoms with Gasteiger partial charge in [-0.15, -0.1) is 0 Å².